The number of benzene rings is 2. The van der Waals surface area contributed by atoms with E-state index < -0.39 is 0 Å². The van der Waals surface area contributed by atoms with Gasteiger partial charge in [0.25, 0.3) is 0 Å². The maximum absolute atomic E-state index is 5.38. The summed E-state index contributed by atoms with van der Waals surface area (Å²) in [4.78, 5) is 2.44. The first-order chi connectivity index (χ1) is 11.7. The Morgan fingerprint density at radius 1 is 1.08 bits per heavy atom. The van der Waals surface area contributed by atoms with E-state index in [2.05, 4.69) is 85.5 Å². The first-order valence-electron chi connectivity index (χ1n) is 8.60. The molecule has 0 N–H and O–H groups in total. The molecule has 3 rings (SSSR count). The third kappa shape index (κ3) is 3.23. The summed E-state index contributed by atoms with van der Waals surface area (Å²) >= 11 is 0. The molecule has 0 bridgehead atoms. The Labute approximate surface area is 144 Å². The lowest BCUT2D eigenvalue weighted by Gasteiger charge is -2.32. The molecule has 2 aromatic carbocycles. The minimum Gasteiger partial charge on any atom is -0.501 e. The summed E-state index contributed by atoms with van der Waals surface area (Å²) in [5.74, 6) is 0.995. The van der Waals surface area contributed by atoms with E-state index in [0.717, 1.165) is 18.7 Å². The highest BCUT2D eigenvalue weighted by atomic mass is 16.5. The van der Waals surface area contributed by atoms with Crippen molar-refractivity contribution in [2.24, 2.45) is 0 Å². The summed E-state index contributed by atoms with van der Waals surface area (Å²) in [6.07, 6.45) is 9.46. The fraction of sp³-hybridized carbons (Fsp3) is 0.273. The summed E-state index contributed by atoms with van der Waals surface area (Å²) in [6.45, 7) is 5.45. The zero-order chi connectivity index (χ0) is 16.9. The van der Waals surface area contributed by atoms with Crippen LogP contribution in [0.5, 0.6) is 0 Å². The highest BCUT2D eigenvalue weighted by Gasteiger charge is 2.18. The van der Waals surface area contributed by atoms with Gasteiger partial charge < -0.3 is 9.64 Å². The van der Waals surface area contributed by atoms with E-state index >= 15 is 0 Å². The van der Waals surface area contributed by atoms with Crippen molar-refractivity contribution in [2.45, 2.75) is 26.3 Å². The number of methoxy groups -OCH3 is 1. The summed E-state index contributed by atoms with van der Waals surface area (Å²) in [7, 11) is 1.73. The van der Waals surface area contributed by atoms with Crippen LogP contribution >= 0.6 is 0 Å². The van der Waals surface area contributed by atoms with Crippen molar-refractivity contribution in [1.82, 2.24) is 4.90 Å². The third-order valence-corrected chi connectivity index (χ3v) is 4.72. The van der Waals surface area contributed by atoms with Gasteiger partial charge in [-0.15, -0.1) is 0 Å². The molecule has 0 amide bonds. The van der Waals surface area contributed by atoms with Crippen molar-refractivity contribution >= 4 is 10.8 Å². The van der Waals surface area contributed by atoms with E-state index in [1.165, 1.54) is 22.0 Å². The van der Waals surface area contributed by atoms with Crippen molar-refractivity contribution in [3.8, 4) is 0 Å². The van der Waals surface area contributed by atoms with Crippen LogP contribution in [-0.4, -0.2) is 18.6 Å². The maximum Gasteiger partial charge on any atom is 0.0993 e. The number of allylic oxidation sites excluding steroid dienone is 4. The topological polar surface area (TPSA) is 12.5 Å². The number of nitrogens with zero attached hydrogens (tertiary/aromatic N) is 1. The fourth-order valence-electron chi connectivity index (χ4n) is 3.40. The predicted octanol–water partition coefficient (Wildman–Crippen LogP) is 5.60. The smallest absolute Gasteiger partial charge is 0.0993 e. The molecule has 1 aliphatic rings. The average Bonchev–Trinajstić information content (AvgIpc) is 2.87. The zero-order valence-corrected chi connectivity index (χ0v) is 14.7. The van der Waals surface area contributed by atoms with Gasteiger partial charge in [0, 0.05) is 18.7 Å². The van der Waals surface area contributed by atoms with Crippen LogP contribution in [0, 0.1) is 0 Å². The molecule has 0 fully saturated rings. The van der Waals surface area contributed by atoms with Gasteiger partial charge in [0.2, 0.25) is 0 Å². The van der Waals surface area contributed by atoms with Crippen LogP contribution in [0.4, 0.5) is 0 Å². The molecule has 1 aliphatic carbocycles. The quantitative estimate of drug-likeness (QED) is 0.711. The normalized spacial score (nSPS) is 15.5. The average molecular weight is 319 g/mol. The van der Waals surface area contributed by atoms with E-state index in [9.17, 15) is 0 Å². The van der Waals surface area contributed by atoms with Crippen LogP contribution in [0.3, 0.4) is 0 Å². The summed E-state index contributed by atoms with van der Waals surface area (Å²) in [6, 6.07) is 15.5. The van der Waals surface area contributed by atoms with Gasteiger partial charge in [-0.3, -0.25) is 0 Å². The van der Waals surface area contributed by atoms with Crippen LogP contribution in [0.15, 0.2) is 78.2 Å². The molecule has 124 valence electrons. The third-order valence-electron chi connectivity index (χ3n) is 4.72. The Hall–Kier alpha value is -2.48. The van der Waals surface area contributed by atoms with Crippen molar-refractivity contribution in [2.75, 3.05) is 13.7 Å². The zero-order valence-electron chi connectivity index (χ0n) is 14.7. The molecule has 2 heteroatoms. The molecule has 0 saturated carbocycles. The fourth-order valence-corrected chi connectivity index (χ4v) is 3.40. The number of hydrogen-bond donors (Lipinski definition) is 0. The number of likely N-dealkylation sites (N-methyl/N-ethyl adjacent to an activating group) is 1. The Kier molecular flexibility index (Phi) is 5.05. The Morgan fingerprint density at radius 3 is 2.67 bits per heavy atom. The lowest BCUT2D eigenvalue weighted by molar-refractivity contribution is 0.285. The van der Waals surface area contributed by atoms with Crippen LogP contribution < -0.4 is 0 Å². The van der Waals surface area contributed by atoms with E-state index in [-0.39, 0.29) is 0 Å². The van der Waals surface area contributed by atoms with Gasteiger partial charge in [0.15, 0.2) is 0 Å². The predicted molar refractivity (Wildman–Crippen MR) is 102 cm³/mol. The molecule has 2 nitrogen and oxygen atoms in total. The number of ether oxygens (including phenoxy) is 1. The molecular weight excluding hydrogens is 294 g/mol. The maximum atomic E-state index is 5.38. The van der Waals surface area contributed by atoms with Crippen LogP contribution in [0.25, 0.3) is 10.8 Å². The first-order valence-corrected chi connectivity index (χ1v) is 8.60. The molecule has 0 aromatic heterocycles. The highest BCUT2D eigenvalue weighted by molar-refractivity contribution is 5.86. The number of rotatable bonds is 5. The van der Waals surface area contributed by atoms with Gasteiger partial charge in [-0.25, -0.2) is 0 Å². The standard InChI is InChI=1S/C22H25NO/c1-4-23(19-11-8-12-20(24-3)16-15-19)17(2)21-14-7-10-18-9-5-6-13-22(18)21/h5-11,13-17H,4,12H2,1-3H3. The molecule has 2 aromatic rings. The second-order valence-corrected chi connectivity index (χ2v) is 6.07. The van der Waals surface area contributed by atoms with Crippen molar-refractivity contribution in [3.63, 3.8) is 0 Å². The Balaban J connectivity index is 1.98. The van der Waals surface area contributed by atoms with Crippen LogP contribution in [0.1, 0.15) is 31.9 Å². The molecule has 24 heavy (non-hydrogen) atoms. The number of fused-ring (bicyclic) bond motifs is 1. The Bertz CT molecular complexity index is 795. The molecule has 0 spiro atoms. The van der Waals surface area contributed by atoms with Crippen LogP contribution in [-0.2, 0) is 4.74 Å². The van der Waals surface area contributed by atoms with Crippen molar-refractivity contribution in [3.05, 3.63) is 83.8 Å². The number of hydrogen-bond acceptors (Lipinski definition) is 2. The van der Waals surface area contributed by atoms with Gasteiger partial charge in [-0.1, -0.05) is 48.5 Å². The van der Waals surface area contributed by atoms with Crippen LogP contribution in [0.2, 0.25) is 0 Å². The molecule has 0 saturated heterocycles. The molecular formula is C22H25NO. The highest BCUT2D eigenvalue weighted by Crippen LogP contribution is 2.31. The largest absolute Gasteiger partial charge is 0.501 e. The second-order valence-electron chi connectivity index (χ2n) is 6.07. The monoisotopic (exact) mass is 319 g/mol. The molecule has 1 atom stereocenters. The lowest BCUT2D eigenvalue weighted by atomic mass is 9.98. The van der Waals surface area contributed by atoms with Gasteiger partial charge in [0.1, 0.15) is 0 Å². The van der Waals surface area contributed by atoms with E-state index in [4.69, 9.17) is 4.74 Å². The Morgan fingerprint density at radius 2 is 1.88 bits per heavy atom. The summed E-state index contributed by atoms with van der Waals surface area (Å²) < 4.78 is 5.38. The van der Waals surface area contributed by atoms with E-state index in [1.54, 1.807) is 7.11 Å². The lowest BCUT2D eigenvalue weighted by Crippen LogP contribution is -2.25. The van der Waals surface area contributed by atoms with E-state index in [1.807, 2.05) is 0 Å². The molecule has 0 heterocycles. The summed E-state index contributed by atoms with van der Waals surface area (Å²) in [5.41, 5.74) is 2.59. The first kappa shape index (κ1) is 16.4. The molecule has 1 unspecified atom stereocenters. The molecule has 0 aliphatic heterocycles. The van der Waals surface area contributed by atoms with Crippen molar-refractivity contribution in [1.29, 1.82) is 0 Å². The SMILES string of the molecule is CCN(C1=CC=C(OC)CC=C1)C(C)c1cccc2ccccc12. The van der Waals surface area contributed by atoms with Gasteiger partial charge in [-0.05, 0) is 48.4 Å². The van der Waals surface area contributed by atoms with Gasteiger partial charge >= 0.3 is 0 Å². The minimum atomic E-state index is 0.300. The minimum absolute atomic E-state index is 0.300. The second kappa shape index (κ2) is 7.39. The van der Waals surface area contributed by atoms with Gasteiger partial charge in [-0.2, -0.15) is 0 Å². The molecule has 0 radical (unpaired) electrons. The van der Waals surface area contributed by atoms with Crippen molar-refractivity contribution < 1.29 is 4.74 Å². The van der Waals surface area contributed by atoms with Gasteiger partial charge in [0.05, 0.1) is 18.9 Å². The summed E-state index contributed by atoms with van der Waals surface area (Å²) in [5, 5.41) is 2.63. The van der Waals surface area contributed by atoms with E-state index in [0.29, 0.717) is 6.04 Å².